The number of guanidine groups is 1. The van der Waals surface area contributed by atoms with E-state index >= 15 is 0 Å². The van der Waals surface area contributed by atoms with E-state index in [0.717, 1.165) is 5.56 Å². The second-order valence-electron chi connectivity index (χ2n) is 6.21. The molecule has 0 bridgehead atoms. The maximum absolute atomic E-state index is 9.60. The maximum Gasteiger partial charge on any atom is 0.214 e. The Morgan fingerprint density at radius 1 is 1.25 bits per heavy atom. The first kappa shape index (κ1) is 17.0. The third-order valence-corrected chi connectivity index (χ3v) is 3.39. The third-order valence-electron chi connectivity index (χ3n) is 3.39. The van der Waals surface area contributed by atoms with Crippen molar-refractivity contribution in [3.63, 3.8) is 0 Å². The third kappa shape index (κ3) is 3.68. The Bertz CT molecular complexity index is 835. The molecule has 2 rings (SSSR count). The zero-order chi connectivity index (χ0) is 17.7. The van der Waals surface area contributed by atoms with Gasteiger partial charge in [-0.05, 0) is 35.2 Å². The summed E-state index contributed by atoms with van der Waals surface area (Å²) in [5, 5.41) is 18.8. The van der Waals surface area contributed by atoms with Crippen molar-refractivity contribution in [1.82, 2.24) is 4.98 Å². The molecule has 0 saturated heterocycles. The van der Waals surface area contributed by atoms with Crippen LogP contribution >= 0.6 is 0 Å². The highest BCUT2D eigenvalue weighted by atomic mass is 15.3. The molecule has 24 heavy (non-hydrogen) atoms. The van der Waals surface area contributed by atoms with Crippen molar-refractivity contribution in [3.05, 3.63) is 53.9 Å². The number of aromatic nitrogens is 1. The van der Waals surface area contributed by atoms with Crippen molar-refractivity contribution >= 4 is 17.3 Å². The Morgan fingerprint density at radius 2 is 2.00 bits per heavy atom. The number of nitrogens with two attached hydrogens (primary N) is 1. The van der Waals surface area contributed by atoms with Gasteiger partial charge in [0, 0.05) is 6.20 Å². The van der Waals surface area contributed by atoms with Gasteiger partial charge in [-0.1, -0.05) is 26.8 Å². The molecule has 0 atom stereocenters. The van der Waals surface area contributed by atoms with Crippen molar-refractivity contribution < 1.29 is 0 Å². The molecule has 0 radical (unpaired) electrons. The molecule has 6 nitrogen and oxygen atoms in total. The van der Waals surface area contributed by atoms with Gasteiger partial charge in [0.15, 0.2) is 6.19 Å². The molecule has 120 valence electrons. The van der Waals surface area contributed by atoms with Gasteiger partial charge in [-0.3, -0.25) is 4.98 Å². The number of pyridine rings is 1. The molecule has 0 aliphatic carbocycles. The van der Waals surface area contributed by atoms with Gasteiger partial charge in [-0.15, -0.1) is 0 Å². The molecule has 0 amide bonds. The van der Waals surface area contributed by atoms with E-state index in [1.54, 1.807) is 36.7 Å². The van der Waals surface area contributed by atoms with Crippen molar-refractivity contribution in [2.45, 2.75) is 26.2 Å². The van der Waals surface area contributed by atoms with Crippen LogP contribution in [0.3, 0.4) is 0 Å². The highest BCUT2D eigenvalue weighted by Crippen LogP contribution is 2.32. The Hall–Kier alpha value is -3.38. The number of hydrogen-bond acceptors (Lipinski definition) is 4. The molecule has 1 aromatic carbocycles. The van der Waals surface area contributed by atoms with Gasteiger partial charge in [-0.25, -0.2) is 9.89 Å². The van der Waals surface area contributed by atoms with Gasteiger partial charge in [-0.2, -0.15) is 10.5 Å². The van der Waals surface area contributed by atoms with Crippen LogP contribution in [0.4, 0.5) is 11.4 Å². The monoisotopic (exact) mass is 318 g/mol. The zero-order valence-corrected chi connectivity index (χ0v) is 13.9. The van der Waals surface area contributed by atoms with Crippen LogP contribution < -0.4 is 10.6 Å². The molecule has 0 fully saturated rings. The molecule has 6 heteroatoms. The highest BCUT2D eigenvalue weighted by molar-refractivity contribution is 5.99. The van der Waals surface area contributed by atoms with Gasteiger partial charge < -0.3 is 5.73 Å². The highest BCUT2D eigenvalue weighted by Gasteiger charge is 2.23. The van der Waals surface area contributed by atoms with E-state index in [0.29, 0.717) is 16.9 Å². The lowest BCUT2D eigenvalue weighted by Gasteiger charge is -2.26. The maximum atomic E-state index is 9.60. The first-order chi connectivity index (χ1) is 11.4. The molecule has 1 heterocycles. The normalized spacial score (nSPS) is 11.5. The fraction of sp³-hybridized carbons (Fsp3) is 0.222. The first-order valence-electron chi connectivity index (χ1n) is 7.35. The Kier molecular flexibility index (Phi) is 4.81. The van der Waals surface area contributed by atoms with E-state index in [2.05, 4.69) is 16.0 Å². The van der Waals surface area contributed by atoms with Crippen molar-refractivity contribution in [2.24, 2.45) is 10.7 Å². The summed E-state index contributed by atoms with van der Waals surface area (Å²) in [4.78, 5) is 9.44. The van der Waals surface area contributed by atoms with Crippen molar-refractivity contribution in [3.8, 4) is 12.3 Å². The molecule has 0 aliphatic rings. The summed E-state index contributed by atoms with van der Waals surface area (Å²) >= 11 is 0. The fourth-order valence-electron chi connectivity index (χ4n) is 2.25. The van der Waals surface area contributed by atoms with E-state index in [9.17, 15) is 5.26 Å². The minimum absolute atomic E-state index is 0.0195. The first-order valence-corrected chi connectivity index (χ1v) is 7.35. The molecule has 0 spiro atoms. The number of nitriles is 2. The van der Waals surface area contributed by atoms with E-state index in [4.69, 9.17) is 11.0 Å². The van der Waals surface area contributed by atoms with Crippen LogP contribution in [-0.2, 0) is 5.41 Å². The van der Waals surface area contributed by atoms with Crippen LogP contribution in [0.5, 0.6) is 0 Å². The molecule has 0 unspecified atom stereocenters. The number of anilines is 1. The van der Waals surface area contributed by atoms with Crippen LogP contribution in [0.15, 0.2) is 47.7 Å². The van der Waals surface area contributed by atoms with Gasteiger partial charge in [0.2, 0.25) is 5.96 Å². The lowest BCUT2D eigenvalue weighted by molar-refractivity contribution is 0.591. The van der Waals surface area contributed by atoms with E-state index < -0.39 is 0 Å². The van der Waals surface area contributed by atoms with E-state index in [-0.39, 0.29) is 11.4 Å². The van der Waals surface area contributed by atoms with Crippen LogP contribution in [0.1, 0.15) is 31.9 Å². The van der Waals surface area contributed by atoms with Gasteiger partial charge in [0.05, 0.1) is 29.2 Å². The summed E-state index contributed by atoms with van der Waals surface area (Å²) in [5.41, 5.74) is 8.25. The van der Waals surface area contributed by atoms with E-state index in [1.165, 1.54) is 4.90 Å². The molecule has 0 saturated carbocycles. The number of hydrogen-bond donors (Lipinski definition) is 1. The predicted octanol–water partition coefficient (Wildman–Crippen LogP) is 3.18. The molecular weight excluding hydrogens is 300 g/mol. The minimum Gasteiger partial charge on any atom is -0.368 e. The molecular formula is C18H18N6. The topological polar surface area (TPSA) is 102 Å². The van der Waals surface area contributed by atoms with Crippen molar-refractivity contribution in [1.29, 1.82) is 10.5 Å². The number of aliphatic imine (C=N–C) groups is 1. The van der Waals surface area contributed by atoms with Crippen LogP contribution in [0.25, 0.3) is 0 Å². The number of rotatable bonds is 2. The lowest BCUT2D eigenvalue weighted by atomic mass is 9.85. The molecule has 0 aliphatic heterocycles. The largest absolute Gasteiger partial charge is 0.368 e. The molecule has 2 aromatic rings. The van der Waals surface area contributed by atoms with Gasteiger partial charge >= 0.3 is 0 Å². The average molecular weight is 318 g/mol. The smallest absolute Gasteiger partial charge is 0.214 e. The summed E-state index contributed by atoms with van der Waals surface area (Å²) in [6.45, 7) is 6.09. The zero-order valence-electron chi connectivity index (χ0n) is 13.9. The molecule has 2 N–H and O–H groups in total. The average Bonchev–Trinajstić information content (AvgIpc) is 2.55. The lowest BCUT2D eigenvalue weighted by Crippen LogP contribution is -2.35. The van der Waals surface area contributed by atoms with Gasteiger partial charge in [0.25, 0.3) is 0 Å². The molecule has 1 aromatic heterocycles. The Labute approximate surface area is 141 Å². The summed E-state index contributed by atoms with van der Waals surface area (Å²) in [7, 11) is 0. The SMILES string of the molecule is CC(C)(C)c1ccc(C#N)cc1N(C#N)C(N)=Nc1cccnc1. The second kappa shape index (κ2) is 6.80. The summed E-state index contributed by atoms with van der Waals surface area (Å²) in [5.74, 6) is 0.0195. The summed E-state index contributed by atoms with van der Waals surface area (Å²) < 4.78 is 0. The second-order valence-corrected chi connectivity index (χ2v) is 6.21. The number of benzene rings is 1. The Morgan fingerprint density at radius 3 is 2.54 bits per heavy atom. The van der Waals surface area contributed by atoms with Crippen molar-refractivity contribution in [2.75, 3.05) is 4.90 Å². The van der Waals surface area contributed by atoms with E-state index in [1.807, 2.05) is 33.0 Å². The van der Waals surface area contributed by atoms with Crippen LogP contribution in [0, 0.1) is 22.8 Å². The minimum atomic E-state index is -0.229. The fourth-order valence-corrected chi connectivity index (χ4v) is 2.25. The van der Waals surface area contributed by atoms with Crippen LogP contribution in [0.2, 0.25) is 0 Å². The summed E-state index contributed by atoms with van der Waals surface area (Å²) in [6, 6.07) is 10.8. The number of nitrogens with zero attached hydrogens (tertiary/aromatic N) is 5. The van der Waals surface area contributed by atoms with Gasteiger partial charge in [0.1, 0.15) is 0 Å². The van der Waals surface area contributed by atoms with Crippen LogP contribution in [-0.4, -0.2) is 10.9 Å². The quantitative estimate of drug-likeness (QED) is 0.396. The standard InChI is InChI=1S/C18H18N6/c1-18(2,3)15-7-6-13(10-19)9-16(15)24(12-20)17(21)23-14-5-4-8-22-11-14/h4-9,11H,1-3H3,(H2,21,23). The predicted molar refractivity (Wildman–Crippen MR) is 93.5 cm³/mol. The Balaban J connectivity index is 2.57. The summed E-state index contributed by atoms with van der Waals surface area (Å²) in [6.07, 6.45) is 5.23.